The summed E-state index contributed by atoms with van der Waals surface area (Å²) in [6.07, 6.45) is 3.40. The fourth-order valence-corrected chi connectivity index (χ4v) is 2.62. The molecule has 3 rings (SSSR count). The van der Waals surface area contributed by atoms with Crippen LogP contribution in [0.25, 0.3) is 17.0 Å². The van der Waals surface area contributed by atoms with E-state index in [4.69, 9.17) is 0 Å². The first kappa shape index (κ1) is 12.7. The van der Waals surface area contributed by atoms with Crippen LogP contribution in [0.2, 0.25) is 0 Å². The first-order valence-electron chi connectivity index (χ1n) is 6.18. The number of hydrogen-bond acceptors (Lipinski definition) is 3. The molecule has 1 aromatic carbocycles. The molecular weight excluding hydrogens is 268 g/mol. The lowest BCUT2D eigenvalue weighted by Gasteiger charge is -1.98. The summed E-state index contributed by atoms with van der Waals surface area (Å²) in [7, 11) is -1.25. The number of hydrogen-bond donors (Lipinski definition) is 0. The Kier molecular flexibility index (Phi) is 3.65. The van der Waals surface area contributed by atoms with Gasteiger partial charge in [0.15, 0.2) is 0 Å². The molecule has 0 fully saturated rings. The van der Waals surface area contributed by atoms with Gasteiger partial charge < -0.3 is 0 Å². The van der Waals surface area contributed by atoms with E-state index in [0.717, 1.165) is 16.6 Å². The number of fused-ring (bicyclic) bond motifs is 1. The van der Waals surface area contributed by atoms with Crippen molar-refractivity contribution < 1.29 is 4.21 Å². The molecular formula is C16H12N2OS. The van der Waals surface area contributed by atoms with Gasteiger partial charge in [0.05, 0.1) is 22.0 Å². The minimum atomic E-state index is -1.25. The lowest BCUT2D eigenvalue weighted by molar-refractivity contribution is 0.686. The molecule has 0 aliphatic carbocycles. The van der Waals surface area contributed by atoms with E-state index in [9.17, 15) is 4.21 Å². The second-order valence-corrected chi connectivity index (χ2v) is 5.48. The van der Waals surface area contributed by atoms with E-state index in [1.54, 1.807) is 29.8 Å². The first-order valence-corrected chi connectivity index (χ1v) is 7.40. The van der Waals surface area contributed by atoms with Crippen LogP contribution in [0.3, 0.4) is 0 Å². The third kappa shape index (κ3) is 2.81. The molecule has 0 saturated heterocycles. The maximum Gasteiger partial charge on any atom is 0.131 e. The third-order valence-corrected chi connectivity index (χ3v) is 3.86. The highest BCUT2D eigenvalue weighted by Crippen LogP contribution is 2.13. The lowest BCUT2D eigenvalue weighted by Crippen LogP contribution is -1.90. The highest BCUT2D eigenvalue weighted by atomic mass is 32.2. The summed E-state index contributed by atoms with van der Waals surface area (Å²) in [5, 5.41) is 3.25. The Hall–Kier alpha value is -2.33. The zero-order valence-corrected chi connectivity index (χ0v) is 11.5. The van der Waals surface area contributed by atoms with E-state index in [2.05, 4.69) is 9.97 Å². The molecule has 3 aromatic rings. The minimum absolute atomic E-state index is 0.546. The van der Waals surface area contributed by atoms with E-state index in [-0.39, 0.29) is 0 Å². The zero-order valence-electron chi connectivity index (χ0n) is 10.6. The first-order chi connectivity index (χ1) is 9.83. The van der Waals surface area contributed by atoms with Gasteiger partial charge >= 0.3 is 0 Å². The maximum absolute atomic E-state index is 12.0. The largest absolute Gasteiger partial charge is 0.248 e. The monoisotopic (exact) mass is 280 g/mol. The van der Waals surface area contributed by atoms with Crippen molar-refractivity contribution in [3.63, 3.8) is 0 Å². The van der Waals surface area contributed by atoms with Crippen molar-refractivity contribution in [2.24, 2.45) is 0 Å². The number of aromatic nitrogens is 2. The van der Waals surface area contributed by atoms with Crippen molar-refractivity contribution in [3.8, 4) is 0 Å². The SMILES string of the molecule is O=S(/C=C/c1ccc2ccccc2n1)c1ccccn1. The Morgan fingerprint density at radius 2 is 1.80 bits per heavy atom. The van der Waals surface area contributed by atoms with Gasteiger partial charge in [-0.15, -0.1) is 0 Å². The van der Waals surface area contributed by atoms with E-state index in [1.165, 1.54) is 0 Å². The van der Waals surface area contributed by atoms with Gasteiger partial charge in [-0.2, -0.15) is 0 Å². The van der Waals surface area contributed by atoms with Gasteiger partial charge in [0.25, 0.3) is 0 Å². The van der Waals surface area contributed by atoms with E-state index in [1.807, 2.05) is 42.5 Å². The molecule has 0 saturated carbocycles. The summed E-state index contributed by atoms with van der Waals surface area (Å²) >= 11 is 0. The number of pyridine rings is 2. The van der Waals surface area contributed by atoms with E-state index < -0.39 is 10.8 Å². The molecule has 2 aromatic heterocycles. The molecule has 2 heterocycles. The third-order valence-electron chi connectivity index (χ3n) is 2.83. The summed E-state index contributed by atoms with van der Waals surface area (Å²) in [4.78, 5) is 8.57. The number of rotatable bonds is 3. The smallest absolute Gasteiger partial charge is 0.131 e. The van der Waals surface area contributed by atoms with Gasteiger partial charge in [-0.05, 0) is 30.3 Å². The highest BCUT2D eigenvalue weighted by Gasteiger charge is 2.00. The fraction of sp³-hybridized carbons (Fsp3) is 0. The van der Waals surface area contributed by atoms with Gasteiger partial charge in [-0.3, -0.25) is 0 Å². The number of para-hydroxylation sites is 1. The second-order valence-electron chi connectivity index (χ2n) is 4.20. The molecule has 1 atom stereocenters. The van der Waals surface area contributed by atoms with Crippen molar-refractivity contribution in [1.29, 1.82) is 0 Å². The van der Waals surface area contributed by atoms with Crippen molar-refractivity contribution >= 4 is 27.8 Å². The summed E-state index contributed by atoms with van der Waals surface area (Å²) in [5.41, 5.74) is 1.71. The quantitative estimate of drug-likeness (QED) is 0.738. The molecule has 1 unspecified atom stereocenters. The van der Waals surface area contributed by atoms with Crippen molar-refractivity contribution in [2.75, 3.05) is 0 Å². The molecule has 0 bridgehead atoms. The fourth-order valence-electron chi connectivity index (χ4n) is 1.84. The van der Waals surface area contributed by atoms with E-state index >= 15 is 0 Å². The van der Waals surface area contributed by atoms with Crippen LogP contribution < -0.4 is 0 Å². The van der Waals surface area contributed by atoms with Gasteiger partial charge in [0.2, 0.25) is 0 Å². The molecule has 0 radical (unpaired) electrons. The van der Waals surface area contributed by atoms with Crippen molar-refractivity contribution in [2.45, 2.75) is 5.03 Å². The van der Waals surface area contributed by atoms with Gasteiger partial charge in [0, 0.05) is 17.0 Å². The van der Waals surface area contributed by atoms with Crippen LogP contribution in [0.1, 0.15) is 5.69 Å². The van der Waals surface area contributed by atoms with Crippen LogP contribution >= 0.6 is 0 Å². The predicted molar refractivity (Wildman–Crippen MR) is 81.4 cm³/mol. The van der Waals surface area contributed by atoms with Crippen LogP contribution in [0.15, 0.2) is 71.2 Å². The van der Waals surface area contributed by atoms with Crippen molar-refractivity contribution in [1.82, 2.24) is 9.97 Å². The maximum atomic E-state index is 12.0. The Bertz CT molecular complexity index is 785. The second kappa shape index (κ2) is 5.75. The lowest BCUT2D eigenvalue weighted by atomic mass is 10.2. The Balaban J connectivity index is 1.85. The van der Waals surface area contributed by atoms with Crippen LogP contribution in [0, 0.1) is 0 Å². The Labute approximate surface area is 119 Å². The Morgan fingerprint density at radius 3 is 2.65 bits per heavy atom. The molecule has 0 amide bonds. The summed E-state index contributed by atoms with van der Waals surface area (Å²) in [6, 6.07) is 17.2. The average Bonchev–Trinajstić information content (AvgIpc) is 2.53. The van der Waals surface area contributed by atoms with Crippen molar-refractivity contribution in [3.05, 3.63) is 71.9 Å². The molecule has 98 valence electrons. The standard InChI is InChI=1S/C16H12N2OS/c19-20(16-7-3-4-11-17-16)12-10-14-9-8-13-5-1-2-6-15(13)18-14/h1-12H/b12-10+. The molecule has 0 N–H and O–H groups in total. The average molecular weight is 280 g/mol. The topological polar surface area (TPSA) is 42.9 Å². The van der Waals surface area contributed by atoms with Crippen LogP contribution in [0.5, 0.6) is 0 Å². The molecule has 0 aliphatic rings. The van der Waals surface area contributed by atoms with Crippen LogP contribution in [0.4, 0.5) is 0 Å². The molecule has 3 nitrogen and oxygen atoms in total. The normalized spacial score (nSPS) is 12.8. The van der Waals surface area contributed by atoms with Gasteiger partial charge in [0.1, 0.15) is 5.03 Å². The van der Waals surface area contributed by atoms with Gasteiger partial charge in [-0.1, -0.05) is 30.3 Å². The van der Waals surface area contributed by atoms with Crippen LogP contribution in [-0.2, 0) is 10.8 Å². The number of benzene rings is 1. The minimum Gasteiger partial charge on any atom is -0.248 e. The zero-order chi connectivity index (χ0) is 13.8. The Morgan fingerprint density at radius 1 is 0.950 bits per heavy atom. The predicted octanol–water partition coefficient (Wildman–Crippen LogP) is 3.41. The van der Waals surface area contributed by atoms with Crippen LogP contribution in [-0.4, -0.2) is 14.2 Å². The summed E-state index contributed by atoms with van der Waals surface area (Å²) in [5.74, 6) is 0. The van der Waals surface area contributed by atoms with Gasteiger partial charge in [-0.25, -0.2) is 14.2 Å². The van der Waals surface area contributed by atoms with E-state index in [0.29, 0.717) is 5.03 Å². The molecule has 4 heteroatoms. The number of nitrogens with zero attached hydrogens (tertiary/aromatic N) is 2. The summed E-state index contributed by atoms with van der Waals surface area (Å²) < 4.78 is 12.0. The molecule has 0 aliphatic heterocycles. The summed E-state index contributed by atoms with van der Waals surface area (Å²) in [6.45, 7) is 0. The molecule has 20 heavy (non-hydrogen) atoms. The highest BCUT2D eigenvalue weighted by molar-refractivity contribution is 7.88. The molecule has 0 spiro atoms.